The summed E-state index contributed by atoms with van der Waals surface area (Å²) >= 11 is 0. The quantitative estimate of drug-likeness (QED) is 0.342. The van der Waals surface area contributed by atoms with Crippen molar-refractivity contribution in [1.82, 2.24) is 4.90 Å². The summed E-state index contributed by atoms with van der Waals surface area (Å²) in [6.07, 6.45) is -9.19. The average Bonchev–Trinajstić information content (AvgIpc) is 2.94. The summed E-state index contributed by atoms with van der Waals surface area (Å²) in [6.45, 7) is 3.64. The minimum Gasteiger partial charge on any atom is -0.307 e. The fraction of sp³-hybridized carbons (Fsp3) is 0.400. The Morgan fingerprint density at radius 2 is 1.31 bits per heavy atom. The molecule has 2 nitrogen and oxygen atoms in total. The number of rotatable bonds is 7. The van der Waals surface area contributed by atoms with Crippen LogP contribution < -0.4 is 0 Å². The van der Waals surface area contributed by atoms with Crippen LogP contribution in [0, 0.1) is 12.3 Å². The highest BCUT2D eigenvalue weighted by molar-refractivity contribution is 6.00. The predicted octanol–water partition coefficient (Wildman–Crippen LogP) is 7.63. The number of halogens is 9. The molecule has 1 aliphatic heterocycles. The third kappa shape index (κ3) is 4.37. The summed E-state index contributed by atoms with van der Waals surface area (Å²) in [4.78, 5) is 14.5. The highest BCUT2D eigenvalue weighted by atomic mass is 19.4. The molecule has 196 valence electrons. The van der Waals surface area contributed by atoms with Crippen LogP contribution in [0.25, 0.3) is 5.70 Å². The van der Waals surface area contributed by atoms with Gasteiger partial charge in [-0.15, -0.1) is 0 Å². The zero-order chi connectivity index (χ0) is 27.3. The number of hydrogen-bond donors (Lipinski definition) is 0. The van der Waals surface area contributed by atoms with Gasteiger partial charge in [0.25, 0.3) is 0 Å². The first-order chi connectivity index (χ1) is 16.4. The topological polar surface area (TPSA) is 20.3 Å². The van der Waals surface area contributed by atoms with Crippen molar-refractivity contribution in [3.8, 4) is 0 Å². The molecule has 1 amide bonds. The Balaban J connectivity index is 2.12. The predicted molar refractivity (Wildman–Crippen MR) is 114 cm³/mol. The second-order valence-corrected chi connectivity index (χ2v) is 9.08. The van der Waals surface area contributed by atoms with E-state index in [0.717, 1.165) is 17.4 Å². The Kier molecular flexibility index (Phi) is 6.78. The highest BCUT2D eigenvalue weighted by Gasteiger charge is 2.82. The Hall–Kier alpha value is -2.98. The molecule has 0 fully saturated rings. The standard InChI is InChI=1S/C25H22F9NO/c1-15-9-11-18(12-10-15)19-16(2)21(3,20(36)35(19)13-17-7-5-4-6-8-17)14-22(26,27)23(28,29)24(30,31)25(32,33)34/h4-12H,13-14H2,1-3H3. The summed E-state index contributed by atoms with van der Waals surface area (Å²) in [5.41, 5.74) is -0.829. The van der Waals surface area contributed by atoms with Crippen LogP contribution in [-0.4, -0.2) is 34.8 Å². The minimum atomic E-state index is -7.03. The van der Waals surface area contributed by atoms with E-state index in [2.05, 4.69) is 0 Å². The van der Waals surface area contributed by atoms with Gasteiger partial charge in [0, 0.05) is 6.42 Å². The van der Waals surface area contributed by atoms with Crippen LogP contribution in [0.15, 0.2) is 60.2 Å². The van der Waals surface area contributed by atoms with Crippen LogP contribution in [0.1, 0.15) is 37.0 Å². The second kappa shape index (κ2) is 8.85. The third-order valence-corrected chi connectivity index (χ3v) is 6.46. The lowest BCUT2D eigenvalue weighted by molar-refractivity contribution is -0.398. The molecule has 2 aromatic carbocycles. The molecule has 3 rings (SSSR count). The number of nitrogens with zero attached hydrogens (tertiary/aromatic N) is 1. The fourth-order valence-electron chi connectivity index (χ4n) is 4.20. The summed E-state index contributed by atoms with van der Waals surface area (Å²) < 4.78 is 122. The number of alkyl halides is 9. The first-order valence-corrected chi connectivity index (χ1v) is 10.7. The molecule has 0 aliphatic carbocycles. The van der Waals surface area contributed by atoms with Gasteiger partial charge in [-0.3, -0.25) is 4.79 Å². The van der Waals surface area contributed by atoms with Crippen molar-refractivity contribution in [2.45, 2.75) is 57.7 Å². The van der Waals surface area contributed by atoms with Crippen LogP contribution in [0.2, 0.25) is 0 Å². The van der Waals surface area contributed by atoms with Crippen LogP contribution in [0.5, 0.6) is 0 Å². The highest BCUT2D eigenvalue weighted by Crippen LogP contribution is 2.58. The van der Waals surface area contributed by atoms with E-state index < -0.39 is 41.7 Å². The van der Waals surface area contributed by atoms with Crippen molar-refractivity contribution in [2.75, 3.05) is 0 Å². The minimum absolute atomic E-state index is 0.0908. The van der Waals surface area contributed by atoms with E-state index in [-0.39, 0.29) is 17.8 Å². The maximum atomic E-state index is 14.7. The molecule has 11 heteroatoms. The van der Waals surface area contributed by atoms with Crippen molar-refractivity contribution >= 4 is 11.6 Å². The lowest BCUT2D eigenvalue weighted by atomic mass is 9.76. The summed E-state index contributed by atoms with van der Waals surface area (Å²) in [5.74, 6) is -20.8. The summed E-state index contributed by atoms with van der Waals surface area (Å²) in [7, 11) is 0. The number of benzene rings is 2. The van der Waals surface area contributed by atoms with Gasteiger partial charge in [-0.1, -0.05) is 60.2 Å². The van der Waals surface area contributed by atoms with Gasteiger partial charge in [-0.25, -0.2) is 0 Å². The molecule has 2 aromatic rings. The molecule has 1 unspecified atom stereocenters. The van der Waals surface area contributed by atoms with E-state index in [4.69, 9.17) is 0 Å². The van der Waals surface area contributed by atoms with Crippen LogP contribution in [-0.2, 0) is 11.3 Å². The van der Waals surface area contributed by atoms with Gasteiger partial charge >= 0.3 is 23.9 Å². The summed E-state index contributed by atoms with van der Waals surface area (Å²) in [5, 5.41) is 0. The number of hydrogen-bond acceptors (Lipinski definition) is 1. The lowest BCUT2D eigenvalue weighted by Crippen LogP contribution is -2.62. The number of carbonyl (C=O) groups is 1. The van der Waals surface area contributed by atoms with Crippen LogP contribution in [0.3, 0.4) is 0 Å². The molecule has 0 N–H and O–H groups in total. The summed E-state index contributed by atoms with van der Waals surface area (Å²) in [6, 6.07) is 14.7. The third-order valence-electron chi connectivity index (χ3n) is 6.46. The molecular formula is C25H22F9NO. The monoisotopic (exact) mass is 523 g/mol. The Morgan fingerprint density at radius 1 is 0.778 bits per heavy atom. The first-order valence-electron chi connectivity index (χ1n) is 10.7. The van der Waals surface area contributed by atoms with Crippen LogP contribution >= 0.6 is 0 Å². The lowest BCUT2D eigenvalue weighted by Gasteiger charge is -2.37. The van der Waals surface area contributed by atoms with Gasteiger partial charge in [0.05, 0.1) is 17.7 Å². The van der Waals surface area contributed by atoms with Crippen LogP contribution in [0.4, 0.5) is 39.5 Å². The molecule has 0 bridgehead atoms. The van der Waals surface area contributed by atoms with E-state index in [0.29, 0.717) is 11.1 Å². The van der Waals surface area contributed by atoms with E-state index in [1.165, 1.54) is 6.92 Å². The molecule has 0 aromatic heterocycles. The van der Waals surface area contributed by atoms with Crippen molar-refractivity contribution < 1.29 is 44.3 Å². The molecule has 1 heterocycles. The Morgan fingerprint density at radius 3 is 1.81 bits per heavy atom. The van der Waals surface area contributed by atoms with Gasteiger partial charge < -0.3 is 4.90 Å². The number of carbonyl (C=O) groups excluding carboxylic acids is 1. The average molecular weight is 523 g/mol. The van der Waals surface area contributed by atoms with Crippen molar-refractivity contribution in [3.05, 3.63) is 76.9 Å². The smallest absolute Gasteiger partial charge is 0.307 e. The van der Waals surface area contributed by atoms with E-state index >= 15 is 0 Å². The van der Waals surface area contributed by atoms with E-state index in [9.17, 15) is 44.3 Å². The molecule has 0 radical (unpaired) electrons. The maximum absolute atomic E-state index is 14.7. The van der Waals surface area contributed by atoms with Gasteiger partial charge in [0.1, 0.15) is 0 Å². The Labute approximate surface area is 201 Å². The zero-order valence-electron chi connectivity index (χ0n) is 19.4. The fourth-order valence-corrected chi connectivity index (χ4v) is 4.20. The van der Waals surface area contributed by atoms with Crippen molar-refractivity contribution in [1.29, 1.82) is 0 Å². The molecule has 0 saturated carbocycles. The maximum Gasteiger partial charge on any atom is 0.460 e. The molecule has 0 saturated heterocycles. The molecule has 0 spiro atoms. The zero-order valence-corrected chi connectivity index (χ0v) is 19.4. The van der Waals surface area contributed by atoms with Gasteiger partial charge in [0.15, 0.2) is 0 Å². The normalized spacial score (nSPS) is 19.9. The van der Waals surface area contributed by atoms with Gasteiger partial charge in [0.2, 0.25) is 5.91 Å². The number of amides is 1. The van der Waals surface area contributed by atoms with Crippen molar-refractivity contribution in [2.24, 2.45) is 5.41 Å². The molecule has 1 aliphatic rings. The largest absolute Gasteiger partial charge is 0.460 e. The molecule has 36 heavy (non-hydrogen) atoms. The SMILES string of the molecule is CC1=C(c2ccc(C)cc2)N(Cc2ccccc2)C(=O)C1(C)CC(F)(F)C(F)(F)C(F)(F)C(F)(F)F. The Bertz CT molecular complexity index is 1150. The van der Waals surface area contributed by atoms with Crippen molar-refractivity contribution in [3.63, 3.8) is 0 Å². The van der Waals surface area contributed by atoms with E-state index in [1.54, 1.807) is 61.5 Å². The first kappa shape index (κ1) is 27.6. The van der Waals surface area contributed by atoms with Gasteiger partial charge in [-0.05, 0) is 37.5 Å². The number of aryl methyl sites for hydroxylation is 1. The van der Waals surface area contributed by atoms with E-state index in [1.807, 2.05) is 0 Å². The molecular weight excluding hydrogens is 501 g/mol. The van der Waals surface area contributed by atoms with Gasteiger partial charge in [-0.2, -0.15) is 39.5 Å². The second-order valence-electron chi connectivity index (χ2n) is 9.08. The molecule has 1 atom stereocenters.